The van der Waals surface area contributed by atoms with Crippen molar-refractivity contribution in [2.75, 3.05) is 26.4 Å². The molecule has 0 aliphatic rings. The van der Waals surface area contributed by atoms with Gasteiger partial charge in [-0.15, -0.1) is 0 Å². The Balaban J connectivity index is 4.20. The van der Waals surface area contributed by atoms with Gasteiger partial charge in [0, 0.05) is 12.8 Å². The Kier molecular flexibility index (Phi) is 43.4. The number of allylic oxidation sites excluding steroid dienone is 8. The Morgan fingerprint density at radius 3 is 1.33 bits per heavy atom. The van der Waals surface area contributed by atoms with Crippen LogP contribution in [0.25, 0.3) is 0 Å². The second-order valence-corrected chi connectivity index (χ2v) is 17.6. The average molecular weight is 869 g/mol. The number of carbonyl (C=O) groups is 2. The molecule has 0 fully saturated rings. The number of rotatable bonds is 45. The molecule has 0 bridgehead atoms. The maximum absolute atomic E-state index is 12.7. The van der Waals surface area contributed by atoms with Gasteiger partial charge in [0.25, 0.3) is 0 Å². The maximum Gasteiger partial charge on any atom is 0.472 e. The van der Waals surface area contributed by atoms with Crippen LogP contribution in [0, 0.1) is 0 Å². The summed E-state index contributed by atoms with van der Waals surface area (Å²) in [5.41, 5.74) is 0. The number of phosphoric acid groups is 1. The highest BCUT2D eigenvalue weighted by molar-refractivity contribution is 7.47. The van der Waals surface area contributed by atoms with Crippen LogP contribution < -0.4 is 0 Å². The first-order valence-electron chi connectivity index (χ1n) is 24.1. The number of aliphatic hydroxyl groups excluding tert-OH is 2. The van der Waals surface area contributed by atoms with Crippen molar-refractivity contribution in [2.45, 2.75) is 225 Å². The van der Waals surface area contributed by atoms with Crippen LogP contribution in [0.15, 0.2) is 48.6 Å². The normalized spacial score (nSPS) is 14.2. The van der Waals surface area contributed by atoms with Gasteiger partial charge in [-0.1, -0.05) is 178 Å². The lowest BCUT2D eigenvalue weighted by Gasteiger charge is -2.20. The zero-order chi connectivity index (χ0) is 44.0. The lowest BCUT2D eigenvalue weighted by atomic mass is 10.0. The van der Waals surface area contributed by atoms with Crippen molar-refractivity contribution >= 4 is 19.8 Å². The smallest absolute Gasteiger partial charge is 0.462 e. The van der Waals surface area contributed by atoms with Crippen molar-refractivity contribution in [1.82, 2.24) is 0 Å². The van der Waals surface area contributed by atoms with Crippen LogP contribution in [0.3, 0.4) is 0 Å². The molecule has 0 spiro atoms. The minimum atomic E-state index is -4.62. The largest absolute Gasteiger partial charge is 0.472 e. The number of unbranched alkanes of at least 4 members (excludes halogenated alkanes) is 23. The first kappa shape index (κ1) is 57.9. The highest BCUT2D eigenvalue weighted by Crippen LogP contribution is 2.43. The molecule has 0 aromatic heterocycles. The maximum atomic E-state index is 12.7. The molecule has 3 unspecified atom stereocenters. The number of esters is 2. The monoisotopic (exact) mass is 869 g/mol. The highest BCUT2D eigenvalue weighted by atomic mass is 31.2. The number of hydrogen-bond donors (Lipinski definition) is 3. The molecule has 3 atom stereocenters. The molecule has 0 amide bonds. The summed E-state index contributed by atoms with van der Waals surface area (Å²) in [7, 11) is -4.62. The zero-order valence-electron chi connectivity index (χ0n) is 38.2. The minimum Gasteiger partial charge on any atom is -0.462 e. The predicted molar refractivity (Wildman–Crippen MR) is 247 cm³/mol. The van der Waals surface area contributed by atoms with E-state index >= 15 is 0 Å². The van der Waals surface area contributed by atoms with Crippen molar-refractivity contribution < 1.29 is 47.8 Å². The molecular weight excluding hydrogens is 780 g/mol. The molecule has 11 heteroatoms. The Labute approximate surface area is 366 Å². The standard InChI is InChI=1S/C49H89O10P/c1-3-5-7-9-11-13-15-17-19-20-21-22-23-24-25-26-27-29-31-33-35-37-39-41-49(53)59-47(45-58-60(54,55)57-43-46(51)42-50)44-56-48(52)40-38-36-34-32-30-28-18-16-14-12-10-8-6-4-2/h10,12,15-18,20-21,46-47,50-51H,3-9,11,13-14,19,22-45H2,1-2H3,(H,54,55)/b12-10-,17-15-,18-16-,21-20-. The first-order chi connectivity index (χ1) is 29.2. The predicted octanol–water partition coefficient (Wildman–Crippen LogP) is 13.3. The molecule has 0 aromatic carbocycles. The van der Waals surface area contributed by atoms with Gasteiger partial charge in [-0.25, -0.2) is 4.57 Å². The molecule has 0 heterocycles. The van der Waals surface area contributed by atoms with E-state index in [4.69, 9.17) is 23.6 Å². The molecule has 0 radical (unpaired) electrons. The summed E-state index contributed by atoms with van der Waals surface area (Å²) in [5.74, 6) is -0.941. The van der Waals surface area contributed by atoms with Crippen LogP contribution in [0.1, 0.15) is 213 Å². The van der Waals surface area contributed by atoms with Crippen molar-refractivity contribution in [3.8, 4) is 0 Å². The first-order valence-corrected chi connectivity index (χ1v) is 25.6. The highest BCUT2D eigenvalue weighted by Gasteiger charge is 2.27. The zero-order valence-corrected chi connectivity index (χ0v) is 39.1. The van der Waals surface area contributed by atoms with Gasteiger partial charge in [-0.05, 0) is 70.6 Å². The van der Waals surface area contributed by atoms with E-state index < -0.39 is 51.8 Å². The number of hydrogen-bond acceptors (Lipinski definition) is 9. The van der Waals surface area contributed by atoms with Crippen LogP contribution in [0.4, 0.5) is 0 Å². The summed E-state index contributed by atoms with van der Waals surface area (Å²) >= 11 is 0. The molecule has 0 saturated carbocycles. The van der Waals surface area contributed by atoms with Crippen LogP contribution in [0.5, 0.6) is 0 Å². The summed E-state index contributed by atoms with van der Waals surface area (Å²) in [5, 5.41) is 18.4. The Hall–Kier alpha value is -2.07. The lowest BCUT2D eigenvalue weighted by molar-refractivity contribution is -0.161. The van der Waals surface area contributed by atoms with E-state index in [9.17, 15) is 24.2 Å². The number of phosphoric ester groups is 1. The van der Waals surface area contributed by atoms with Crippen molar-refractivity contribution in [1.29, 1.82) is 0 Å². The van der Waals surface area contributed by atoms with E-state index in [1.807, 2.05) is 0 Å². The van der Waals surface area contributed by atoms with Gasteiger partial charge in [-0.3, -0.25) is 18.6 Å². The fourth-order valence-electron chi connectivity index (χ4n) is 6.45. The summed E-state index contributed by atoms with van der Waals surface area (Å²) in [6.45, 7) is 2.33. The van der Waals surface area contributed by atoms with E-state index in [0.717, 1.165) is 70.6 Å². The molecule has 0 aliphatic heterocycles. The lowest BCUT2D eigenvalue weighted by Crippen LogP contribution is -2.29. The fourth-order valence-corrected chi connectivity index (χ4v) is 7.24. The SMILES string of the molecule is CCCC/C=C\C/C=C\CCCCCCCC(=O)OCC(COP(=O)(O)OCC(O)CO)OC(=O)CCCCCCCCCCCCC/C=C\C/C=C\CCCCCCC. The average Bonchev–Trinajstić information content (AvgIpc) is 3.24. The van der Waals surface area contributed by atoms with Crippen LogP contribution in [-0.4, -0.2) is 65.7 Å². The number of carbonyl (C=O) groups excluding carboxylic acids is 2. The molecule has 0 saturated heterocycles. The number of aliphatic hydroxyl groups is 2. The molecule has 0 rings (SSSR count). The fraction of sp³-hybridized carbons (Fsp3) is 0.796. The molecule has 10 nitrogen and oxygen atoms in total. The van der Waals surface area contributed by atoms with Gasteiger partial charge in [0.05, 0.1) is 19.8 Å². The molecule has 0 aliphatic carbocycles. The van der Waals surface area contributed by atoms with Crippen molar-refractivity contribution in [3.05, 3.63) is 48.6 Å². The second-order valence-electron chi connectivity index (χ2n) is 16.1. The molecular formula is C49H89O10P. The topological polar surface area (TPSA) is 149 Å². The number of ether oxygens (including phenoxy) is 2. The minimum absolute atomic E-state index is 0.178. The third-order valence-electron chi connectivity index (χ3n) is 10.2. The van der Waals surface area contributed by atoms with E-state index in [0.29, 0.717) is 12.8 Å². The van der Waals surface area contributed by atoms with E-state index in [1.54, 1.807) is 0 Å². The van der Waals surface area contributed by atoms with Crippen molar-refractivity contribution in [3.63, 3.8) is 0 Å². The van der Waals surface area contributed by atoms with Crippen LogP contribution in [0.2, 0.25) is 0 Å². The molecule has 0 aromatic rings. The molecule has 60 heavy (non-hydrogen) atoms. The summed E-state index contributed by atoms with van der Waals surface area (Å²) in [6, 6.07) is 0. The van der Waals surface area contributed by atoms with Gasteiger partial charge < -0.3 is 24.6 Å². The third kappa shape index (κ3) is 44.0. The van der Waals surface area contributed by atoms with Gasteiger partial charge in [-0.2, -0.15) is 0 Å². The molecule has 350 valence electrons. The van der Waals surface area contributed by atoms with Crippen molar-refractivity contribution in [2.24, 2.45) is 0 Å². The van der Waals surface area contributed by atoms with E-state index in [1.165, 1.54) is 103 Å². The van der Waals surface area contributed by atoms with Gasteiger partial charge in [0.15, 0.2) is 6.10 Å². The Morgan fingerprint density at radius 2 is 0.883 bits per heavy atom. The van der Waals surface area contributed by atoms with Crippen LogP contribution >= 0.6 is 7.82 Å². The van der Waals surface area contributed by atoms with Gasteiger partial charge >= 0.3 is 19.8 Å². The third-order valence-corrected chi connectivity index (χ3v) is 11.2. The summed E-state index contributed by atoms with van der Waals surface area (Å²) in [6.07, 6.45) is 49.3. The van der Waals surface area contributed by atoms with E-state index in [-0.39, 0.29) is 19.4 Å². The van der Waals surface area contributed by atoms with E-state index in [2.05, 4.69) is 62.5 Å². The Morgan fingerprint density at radius 1 is 0.500 bits per heavy atom. The van der Waals surface area contributed by atoms with Gasteiger partial charge in [0.1, 0.15) is 12.7 Å². The molecule has 3 N–H and O–H groups in total. The second kappa shape index (κ2) is 45.0. The van der Waals surface area contributed by atoms with Crippen LogP contribution in [-0.2, 0) is 32.7 Å². The van der Waals surface area contributed by atoms with Gasteiger partial charge in [0.2, 0.25) is 0 Å². The Bertz CT molecular complexity index is 1140. The summed E-state index contributed by atoms with van der Waals surface area (Å²) in [4.78, 5) is 35.1. The summed E-state index contributed by atoms with van der Waals surface area (Å²) < 4.78 is 32.8. The quantitative estimate of drug-likeness (QED) is 0.0234.